The van der Waals surface area contributed by atoms with Gasteiger partial charge < -0.3 is 11.1 Å². The molecule has 0 aromatic heterocycles. The average molecular weight is 280 g/mol. The number of hydrogen-bond donors (Lipinski definition) is 2. The fourth-order valence-corrected chi connectivity index (χ4v) is 3.32. The van der Waals surface area contributed by atoms with Crippen LogP contribution in [-0.4, -0.2) is 0 Å². The Kier molecular flexibility index (Phi) is 4.09. The van der Waals surface area contributed by atoms with Crippen molar-refractivity contribution in [3.8, 4) is 0 Å². The van der Waals surface area contributed by atoms with Gasteiger partial charge in [0, 0.05) is 18.1 Å². The zero-order chi connectivity index (χ0) is 14.8. The molecule has 3 atom stereocenters. The predicted octanol–water partition coefficient (Wildman–Crippen LogP) is 4.18. The van der Waals surface area contributed by atoms with Gasteiger partial charge >= 0.3 is 0 Å². The standard InChI is InChI=1S/C19H24N2/c1-3-18(14-10-8-13(2)9-11-14)21-19-12-17(20)15-6-4-5-7-16(15)19/h4-11,17-19,21H,3,12,20H2,1-2H3. The SMILES string of the molecule is CCC(NC1CC(N)c2ccccc21)c1ccc(C)cc1. The number of benzene rings is 2. The Balaban J connectivity index is 1.81. The van der Waals surface area contributed by atoms with Crippen molar-refractivity contribution < 1.29 is 0 Å². The summed E-state index contributed by atoms with van der Waals surface area (Å²) in [6.45, 7) is 4.36. The molecule has 21 heavy (non-hydrogen) atoms. The molecule has 0 spiro atoms. The van der Waals surface area contributed by atoms with E-state index in [-0.39, 0.29) is 6.04 Å². The molecule has 0 saturated heterocycles. The van der Waals surface area contributed by atoms with Gasteiger partial charge in [-0.2, -0.15) is 0 Å². The van der Waals surface area contributed by atoms with Crippen LogP contribution in [0.25, 0.3) is 0 Å². The summed E-state index contributed by atoms with van der Waals surface area (Å²) in [5, 5.41) is 3.81. The summed E-state index contributed by atoms with van der Waals surface area (Å²) in [5.74, 6) is 0. The molecule has 0 saturated carbocycles. The third kappa shape index (κ3) is 2.87. The third-order valence-electron chi connectivity index (χ3n) is 4.55. The van der Waals surface area contributed by atoms with E-state index in [2.05, 4.69) is 67.7 Å². The Morgan fingerprint density at radius 1 is 1.10 bits per heavy atom. The molecule has 2 heteroatoms. The molecule has 110 valence electrons. The van der Waals surface area contributed by atoms with E-state index in [1.807, 2.05) is 0 Å². The highest BCUT2D eigenvalue weighted by Gasteiger charge is 2.29. The normalized spacial score (nSPS) is 22.0. The first-order chi connectivity index (χ1) is 10.2. The van der Waals surface area contributed by atoms with Gasteiger partial charge in [-0.3, -0.25) is 0 Å². The molecule has 2 aromatic carbocycles. The first-order valence-electron chi connectivity index (χ1n) is 7.86. The van der Waals surface area contributed by atoms with Crippen molar-refractivity contribution in [2.45, 2.75) is 44.8 Å². The van der Waals surface area contributed by atoms with Crippen LogP contribution in [0.4, 0.5) is 0 Å². The summed E-state index contributed by atoms with van der Waals surface area (Å²) in [5.41, 5.74) is 11.6. The van der Waals surface area contributed by atoms with Gasteiger partial charge in [-0.25, -0.2) is 0 Å². The Morgan fingerprint density at radius 2 is 1.76 bits per heavy atom. The molecule has 3 rings (SSSR count). The molecule has 3 unspecified atom stereocenters. The minimum atomic E-state index is 0.161. The molecule has 2 aromatic rings. The Bertz CT molecular complexity index is 603. The van der Waals surface area contributed by atoms with Crippen LogP contribution in [0, 0.1) is 6.92 Å². The zero-order valence-electron chi connectivity index (χ0n) is 12.8. The average Bonchev–Trinajstić information content (AvgIpc) is 2.83. The molecule has 0 radical (unpaired) electrons. The summed E-state index contributed by atoms with van der Waals surface area (Å²) >= 11 is 0. The lowest BCUT2D eigenvalue weighted by Crippen LogP contribution is -2.25. The molecule has 0 aliphatic heterocycles. The van der Waals surface area contributed by atoms with E-state index in [9.17, 15) is 0 Å². The summed E-state index contributed by atoms with van der Waals surface area (Å²) < 4.78 is 0. The van der Waals surface area contributed by atoms with Crippen LogP contribution in [0.2, 0.25) is 0 Å². The van der Waals surface area contributed by atoms with Crippen molar-refractivity contribution >= 4 is 0 Å². The largest absolute Gasteiger partial charge is 0.324 e. The van der Waals surface area contributed by atoms with Crippen LogP contribution in [0.1, 0.15) is 60.1 Å². The van der Waals surface area contributed by atoms with Crippen molar-refractivity contribution in [3.05, 3.63) is 70.8 Å². The Labute approximate surface area is 127 Å². The van der Waals surface area contributed by atoms with E-state index in [0.29, 0.717) is 12.1 Å². The molecule has 0 fully saturated rings. The van der Waals surface area contributed by atoms with Gasteiger partial charge in [-0.15, -0.1) is 0 Å². The second-order valence-electron chi connectivity index (χ2n) is 6.06. The molecule has 0 amide bonds. The van der Waals surface area contributed by atoms with E-state index >= 15 is 0 Å². The number of nitrogens with one attached hydrogen (secondary N) is 1. The van der Waals surface area contributed by atoms with Gasteiger partial charge in [0.1, 0.15) is 0 Å². The summed E-state index contributed by atoms with van der Waals surface area (Å²) in [6.07, 6.45) is 2.07. The highest BCUT2D eigenvalue weighted by atomic mass is 15.0. The zero-order valence-corrected chi connectivity index (χ0v) is 12.8. The van der Waals surface area contributed by atoms with E-state index in [1.54, 1.807) is 0 Å². The number of nitrogens with two attached hydrogens (primary N) is 1. The number of rotatable bonds is 4. The molecular weight excluding hydrogens is 256 g/mol. The van der Waals surface area contributed by atoms with E-state index in [4.69, 9.17) is 5.73 Å². The smallest absolute Gasteiger partial charge is 0.0347 e. The van der Waals surface area contributed by atoms with Gasteiger partial charge in [-0.05, 0) is 36.5 Å². The maximum absolute atomic E-state index is 6.27. The summed E-state index contributed by atoms with van der Waals surface area (Å²) in [6, 6.07) is 18.3. The minimum Gasteiger partial charge on any atom is -0.324 e. The molecule has 0 heterocycles. The van der Waals surface area contributed by atoms with Crippen LogP contribution in [0.15, 0.2) is 48.5 Å². The van der Waals surface area contributed by atoms with Crippen LogP contribution in [0.5, 0.6) is 0 Å². The lowest BCUT2D eigenvalue weighted by atomic mass is 10.0. The number of aryl methyl sites for hydroxylation is 1. The van der Waals surface area contributed by atoms with Crippen molar-refractivity contribution in [1.82, 2.24) is 5.32 Å². The molecule has 2 nitrogen and oxygen atoms in total. The number of hydrogen-bond acceptors (Lipinski definition) is 2. The molecule has 3 N–H and O–H groups in total. The topological polar surface area (TPSA) is 38.0 Å². The Morgan fingerprint density at radius 3 is 2.43 bits per heavy atom. The highest BCUT2D eigenvalue weighted by Crippen LogP contribution is 2.38. The van der Waals surface area contributed by atoms with Crippen LogP contribution in [0.3, 0.4) is 0 Å². The molecule has 1 aliphatic carbocycles. The fraction of sp³-hybridized carbons (Fsp3) is 0.368. The molecule has 1 aliphatic rings. The van der Waals surface area contributed by atoms with Crippen molar-refractivity contribution in [3.63, 3.8) is 0 Å². The second kappa shape index (κ2) is 6.00. The second-order valence-corrected chi connectivity index (χ2v) is 6.06. The van der Waals surface area contributed by atoms with Crippen LogP contribution < -0.4 is 11.1 Å². The predicted molar refractivity (Wildman–Crippen MR) is 88.1 cm³/mol. The van der Waals surface area contributed by atoms with Crippen molar-refractivity contribution in [2.75, 3.05) is 0 Å². The first kappa shape index (κ1) is 14.3. The molecule has 0 bridgehead atoms. The lowest BCUT2D eigenvalue weighted by Gasteiger charge is -2.23. The van der Waals surface area contributed by atoms with E-state index < -0.39 is 0 Å². The van der Waals surface area contributed by atoms with Crippen molar-refractivity contribution in [2.24, 2.45) is 5.73 Å². The Hall–Kier alpha value is -1.64. The third-order valence-corrected chi connectivity index (χ3v) is 4.55. The maximum Gasteiger partial charge on any atom is 0.0347 e. The summed E-state index contributed by atoms with van der Waals surface area (Å²) in [4.78, 5) is 0. The van der Waals surface area contributed by atoms with E-state index in [1.165, 1.54) is 22.3 Å². The highest BCUT2D eigenvalue weighted by molar-refractivity contribution is 5.37. The van der Waals surface area contributed by atoms with Gasteiger partial charge in [0.05, 0.1) is 0 Å². The number of fused-ring (bicyclic) bond motifs is 1. The summed E-state index contributed by atoms with van der Waals surface area (Å²) in [7, 11) is 0. The van der Waals surface area contributed by atoms with Gasteiger partial charge in [0.15, 0.2) is 0 Å². The minimum absolute atomic E-state index is 0.161. The first-order valence-corrected chi connectivity index (χ1v) is 7.86. The van der Waals surface area contributed by atoms with Crippen LogP contribution in [-0.2, 0) is 0 Å². The van der Waals surface area contributed by atoms with Gasteiger partial charge in [0.25, 0.3) is 0 Å². The van der Waals surface area contributed by atoms with Gasteiger partial charge in [-0.1, -0.05) is 61.0 Å². The van der Waals surface area contributed by atoms with Gasteiger partial charge in [0.2, 0.25) is 0 Å². The van der Waals surface area contributed by atoms with E-state index in [0.717, 1.165) is 12.8 Å². The molecular formula is C19H24N2. The monoisotopic (exact) mass is 280 g/mol. The van der Waals surface area contributed by atoms with Crippen molar-refractivity contribution in [1.29, 1.82) is 0 Å². The maximum atomic E-state index is 6.27. The lowest BCUT2D eigenvalue weighted by molar-refractivity contribution is 0.418. The quantitative estimate of drug-likeness (QED) is 0.881. The fourth-order valence-electron chi connectivity index (χ4n) is 3.32. The van der Waals surface area contributed by atoms with Crippen LogP contribution >= 0.6 is 0 Å².